The molecule has 6 heteroatoms. The van der Waals surface area contributed by atoms with E-state index in [0.29, 0.717) is 16.8 Å². The van der Waals surface area contributed by atoms with Crippen LogP contribution >= 0.6 is 0 Å². The number of anilines is 1. The molecule has 2 aromatic heterocycles. The first-order valence-corrected chi connectivity index (χ1v) is 9.04. The van der Waals surface area contributed by atoms with E-state index in [1.807, 2.05) is 30.3 Å². The number of rotatable bonds is 5. The van der Waals surface area contributed by atoms with Gasteiger partial charge in [0.05, 0.1) is 13.7 Å². The third-order valence-electron chi connectivity index (χ3n) is 4.54. The molecule has 0 bridgehead atoms. The normalized spacial score (nSPS) is 10.7. The molecule has 29 heavy (non-hydrogen) atoms. The minimum Gasteiger partial charge on any atom is -0.497 e. The quantitative estimate of drug-likeness (QED) is 0.484. The van der Waals surface area contributed by atoms with Crippen LogP contribution in [0.2, 0.25) is 0 Å². The number of hydrogen-bond donors (Lipinski definition) is 0. The molecule has 2 heterocycles. The molecule has 0 N–H and O–H groups in total. The van der Waals surface area contributed by atoms with Gasteiger partial charge in [-0.1, -0.05) is 36.4 Å². The van der Waals surface area contributed by atoms with Crippen LogP contribution in [0.5, 0.6) is 5.75 Å². The van der Waals surface area contributed by atoms with Crippen molar-refractivity contribution in [3.05, 3.63) is 101 Å². The van der Waals surface area contributed by atoms with Crippen molar-refractivity contribution in [2.45, 2.75) is 6.54 Å². The first kappa shape index (κ1) is 18.4. The van der Waals surface area contributed by atoms with Crippen molar-refractivity contribution in [3.63, 3.8) is 0 Å². The van der Waals surface area contributed by atoms with E-state index in [0.717, 1.165) is 11.3 Å². The minimum atomic E-state index is -0.677. The summed E-state index contributed by atoms with van der Waals surface area (Å²) in [6, 6.07) is 21.3. The lowest BCUT2D eigenvalue weighted by atomic mass is 10.1. The molecular formula is C23H18N2O4. The zero-order chi connectivity index (χ0) is 20.2. The second-order valence-electron chi connectivity index (χ2n) is 6.41. The third kappa shape index (κ3) is 3.87. The summed E-state index contributed by atoms with van der Waals surface area (Å²) in [5, 5.41) is 0.681. The van der Waals surface area contributed by atoms with Crippen LogP contribution in [0.4, 0.5) is 5.82 Å². The van der Waals surface area contributed by atoms with Crippen molar-refractivity contribution in [2.75, 3.05) is 12.0 Å². The fraction of sp³-hybridized carbons (Fsp3) is 0.0870. The first-order valence-electron chi connectivity index (χ1n) is 9.04. The molecular weight excluding hydrogens is 368 g/mol. The molecule has 0 aliphatic rings. The van der Waals surface area contributed by atoms with E-state index in [9.17, 15) is 9.59 Å². The van der Waals surface area contributed by atoms with Gasteiger partial charge in [0.15, 0.2) is 0 Å². The fourth-order valence-corrected chi connectivity index (χ4v) is 3.04. The molecule has 0 spiro atoms. The van der Waals surface area contributed by atoms with E-state index < -0.39 is 11.5 Å². The van der Waals surface area contributed by atoms with Crippen molar-refractivity contribution in [3.8, 4) is 5.75 Å². The number of hydrogen-bond acceptors (Lipinski definition) is 5. The fourth-order valence-electron chi connectivity index (χ4n) is 3.04. The molecule has 0 aliphatic carbocycles. The molecule has 0 fully saturated rings. The van der Waals surface area contributed by atoms with Crippen molar-refractivity contribution in [2.24, 2.45) is 0 Å². The highest BCUT2D eigenvalue weighted by atomic mass is 16.5. The number of carbonyl (C=O) groups is 1. The summed E-state index contributed by atoms with van der Waals surface area (Å²) in [7, 11) is 1.59. The van der Waals surface area contributed by atoms with Crippen LogP contribution in [0.3, 0.4) is 0 Å². The van der Waals surface area contributed by atoms with Crippen LogP contribution in [0.15, 0.2) is 88.2 Å². The Bertz CT molecular complexity index is 1200. The number of fused-ring (bicyclic) bond motifs is 1. The smallest absolute Gasteiger partial charge is 0.349 e. The van der Waals surface area contributed by atoms with Gasteiger partial charge in [-0.3, -0.25) is 9.69 Å². The lowest BCUT2D eigenvalue weighted by molar-refractivity contribution is 0.0981. The van der Waals surface area contributed by atoms with Crippen LogP contribution in [0.25, 0.3) is 11.0 Å². The average molecular weight is 386 g/mol. The number of amides is 1. The summed E-state index contributed by atoms with van der Waals surface area (Å²) in [6.07, 6.45) is 1.60. The maximum atomic E-state index is 13.3. The van der Waals surface area contributed by atoms with Crippen LogP contribution in [-0.4, -0.2) is 18.0 Å². The molecule has 6 nitrogen and oxygen atoms in total. The summed E-state index contributed by atoms with van der Waals surface area (Å²) >= 11 is 0. The van der Waals surface area contributed by atoms with Gasteiger partial charge in [0.25, 0.3) is 5.91 Å². The van der Waals surface area contributed by atoms with Crippen LogP contribution in [-0.2, 0) is 6.54 Å². The number of nitrogens with zero attached hydrogens (tertiary/aromatic N) is 2. The van der Waals surface area contributed by atoms with Crippen molar-refractivity contribution >= 4 is 22.7 Å². The Kier molecular flexibility index (Phi) is 5.07. The van der Waals surface area contributed by atoms with Gasteiger partial charge in [0.1, 0.15) is 22.7 Å². The predicted octanol–water partition coefficient (Wildman–Crippen LogP) is 4.04. The Morgan fingerprint density at radius 2 is 1.79 bits per heavy atom. The SMILES string of the molecule is COc1ccc(CN(C(=O)c2cc3ccccc3oc2=O)c2ccccn2)cc1. The lowest BCUT2D eigenvalue weighted by Gasteiger charge is -2.21. The summed E-state index contributed by atoms with van der Waals surface area (Å²) in [4.78, 5) is 31.6. The van der Waals surface area contributed by atoms with Crippen LogP contribution in [0.1, 0.15) is 15.9 Å². The molecule has 0 radical (unpaired) electrons. The highest BCUT2D eigenvalue weighted by Crippen LogP contribution is 2.20. The molecule has 1 amide bonds. The summed E-state index contributed by atoms with van der Waals surface area (Å²) in [5.74, 6) is 0.694. The van der Waals surface area contributed by atoms with Gasteiger partial charge in [0.2, 0.25) is 0 Å². The number of aromatic nitrogens is 1. The number of carbonyl (C=O) groups excluding carboxylic acids is 1. The number of ether oxygens (including phenoxy) is 1. The molecule has 4 rings (SSSR count). The molecule has 0 aliphatic heterocycles. The van der Waals surface area contributed by atoms with Gasteiger partial charge >= 0.3 is 5.63 Å². The third-order valence-corrected chi connectivity index (χ3v) is 4.54. The van der Waals surface area contributed by atoms with Crippen LogP contribution in [0, 0.1) is 0 Å². The molecule has 0 saturated carbocycles. The van der Waals surface area contributed by atoms with Gasteiger partial charge in [-0.25, -0.2) is 9.78 Å². The van der Waals surface area contributed by atoms with Crippen molar-refractivity contribution in [1.29, 1.82) is 0 Å². The number of methoxy groups -OCH3 is 1. The molecule has 0 saturated heterocycles. The van der Waals surface area contributed by atoms with Gasteiger partial charge in [0, 0.05) is 11.6 Å². The largest absolute Gasteiger partial charge is 0.497 e. The summed E-state index contributed by atoms with van der Waals surface area (Å²) in [5.41, 5.74) is 0.593. The second-order valence-corrected chi connectivity index (χ2v) is 6.41. The zero-order valence-corrected chi connectivity index (χ0v) is 15.7. The molecule has 4 aromatic rings. The molecule has 144 valence electrons. The Morgan fingerprint density at radius 1 is 1.03 bits per heavy atom. The standard InChI is InChI=1S/C23H18N2O4/c1-28-18-11-9-16(10-12-18)15-25(21-8-4-5-13-24-21)22(26)19-14-17-6-2-3-7-20(17)29-23(19)27/h2-14H,15H2,1H3. The van der Waals surface area contributed by atoms with Gasteiger partial charge in [-0.2, -0.15) is 0 Å². The Hall–Kier alpha value is -3.93. The Labute approximate surface area is 167 Å². The second kappa shape index (κ2) is 7.98. The van der Waals surface area contributed by atoms with E-state index in [-0.39, 0.29) is 12.1 Å². The number of benzene rings is 2. The average Bonchev–Trinajstić information content (AvgIpc) is 2.77. The van der Waals surface area contributed by atoms with E-state index in [2.05, 4.69) is 4.98 Å². The first-order chi connectivity index (χ1) is 14.2. The number of para-hydroxylation sites is 1. The van der Waals surface area contributed by atoms with Crippen LogP contribution < -0.4 is 15.3 Å². The maximum absolute atomic E-state index is 13.3. The molecule has 0 unspecified atom stereocenters. The van der Waals surface area contributed by atoms with E-state index in [1.54, 1.807) is 55.8 Å². The maximum Gasteiger partial charge on any atom is 0.349 e. The monoisotopic (exact) mass is 386 g/mol. The van der Waals surface area contributed by atoms with E-state index in [1.165, 1.54) is 4.90 Å². The van der Waals surface area contributed by atoms with Crippen molar-refractivity contribution in [1.82, 2.24) is 4.98 Å². The van der Waals surface area contributed by atoms with E-state index >= 15 is 0 Å². The Morgan fingerprint density at radius 3 is 2.52 bits per heavy atom. The van der Waals surface area contributed by atoms with Gasteiger partial charge in [-0.15, -0.1) is 0 Å². The summed E-state index contributed by atoms with van der Waals surface area (Å²) in [6.45, 7) is 0.242. The minimum absolute atomic E-state index is 0.0390. The van der Waals surface area contributed by atoms with Gasteiger partial charge < -0.3 is 9.15 Å². The Balaban J connectivity index is 1.75. The predicted molar refractivity (Wildman–Crippen MR) is 110 cm³/mol. The summed E-state index contributed by atoms with van der Waals surface area (Å²) < 4.78 is 10.5. The van der Waals surface area contributed by atoms with Gasteiger partial charge in [-0.05, 0) is 42.0 Å². The van der Waals surface area contributed by atoms with Crippen molar-refractivity contribution < 1.29 is 13.9 Å². The lowest BCUT2D eigenvalue weighted by Crippen LogP contribution is -2.34. The highest BCUT2D eigenvalue weighted by Gasteiger charge is 2.23. The zero-order valence-electron chi connectivity index (χ0n) is 15.7. The molecule has 2 aromatic carbocycles. The highest BCUT2D eigenvalue weighted by molar-refractivity contribution is 6.06. The molecule has 0 atom stereocenters. The van der Waals surface area contributed by atoms with E-state index in [4.69, 9.17) is 9.15 Å². The number of pyridine rings is 1. The topological polar surface area (TPSA) is 72.6 Å².